The van der Waals surface area contributed by atoms with Crippen LogP contribution in [-0.4, -0.2) is 69.7 Å². The van der Waals surface area contributed by atoms with Crippen LogP contribution in [0.1, 0.15) is 71.9 Å². The van der Waals surface area contributed by atoms with Gasteiger partial charge in [-0.05, 0) is 83.4 Å². The molecule has 2 heterocycles. The predicted molar refractivity (Wildman–Crippen MR) is 173 cm³/mol. The summed E-state index contributed by atoms with van der Waals surface area (Å²) in [6, 6.07) is 3.67. The summed E-state index contributed by atoms with van der Waals surface area (Å²) in [5.41, 5.74) is -7.10. The minimum atomic E-state index is -4.91. The van der Waals surface area contributed by atoms with E-state index in [9.17, 15) is 55.1 Å². The number of anilines is 4. The standard InChI is InChI=1S/C33H36F6N6O6/c1-18(46)40-24-12-10-20(16-22(24)32(34,35)36)44-26(48)30(3,4)42(28(44)50)14-8-7-9-15-43-29(51)45(27(49)31(43,5)6)21-11-13-25(41-19(2)47)23(17-21)33(37,38)39/h10-13,16-17H,7-9,14-15H2,1-6H3,(H,40,46)(H,41,47). The van der Waals surface area contributed by atoms with Gasteiger partial charge in [-0.3, -0.25) is 19.2 Å². The van der Waals surface area contributed by atoms with E-state index in [0.717, 1.165) is 38.1 Å². The molecule has 2 N–H and O–H groups in total. The SMILES string of the molecule is CC(=O)Nc1ccc(N2C(=O)N(CCCCCN3C(=O)N(c4ccc(NC(C)=O)c(C(F)(F)F)c4)C(=O)C3(C)C)C(C)(C)C2=O)cc1C(F)(F)F. The maximum Gasteiger partial charge on any atom is 0.418 e. The molecule has 0 aliphatic carbocycles. The minimum Gasteiger partial charge on any atom is -0.326 e. The lowest BCUT2D eigenvalue weighted by molar-refractivity contribution is -0.137. The average molecular weight is 727 g/mol. The van der Waals surface area contributed by atoms with Gasteiger partial charge in [0.1, 0.15) is 11.1 Å². The number of nitrogens with one attached hydrogen (secondary N) is 2. The van der Waals surface area contributed by atoms with Gasteiger partial charge in [-0.2, -0.15) is 26.3 Å². The van der Waals surface area contributed by atoms with E-state index >= 15 is 0 Å². The second-order valence-electron chi connectivity index (χ2n) is 13.1. The Balaban J connectivity index is 1.44. The van der Waals surface area contributed by atoms with E-state index in [1.165, 1.54) is 37.5 Å². The van der Waals surface area contributed by atoms with Crippen molar-refractivity contribution in [2.24, 2.45) is 0 Å². The van der Waals surface area contributed by atoms with Crippen LogP contribution < -0.4 is 20.4 Å². The van der Waals surface area contributed by atoms with Gasteiger partial charge >= 0.3 is 24.4 Å². The highest BCUT2D eigenvalue weighted by molar-refractivity contribution is 6.24. The molecule has 276 valence electrons. The first-order valence-electron chi connectivity index (χ1n) is 15.7. The van der Waals surface area contributed by atoms with Crippen molar-refractivity contribution in [2.75, 3.05) is 33.5 Å². The maximum absolute atomic E-state index is 13.8. The van der Waals surface area contributed by atoms with Crippen LogP contribution in [0.5, 0.6) is 0 Å². The quantitative estimate of drug-likeness (QED) is 0.161. The first kappa shape index (κ1) is 38.6. The lowest BCUT2D eigenvalue weighted by Gasteiger charge is -2.29. The van der Waals surface area contributed by atoms with Gasteiger partial charge in [0, 0.05) is 26.9 Å². The largest absolute Gasteiger partial charge is 0.418 e. The van der Waals surface area contributed by atoms with Crippen LogP contribution in [0.3, 0.4) is 0 Å². The van der Waals surface area contributed by atoms with Gasteiger partial charge in [-0.25, -0.2) is 19.4 Å². The fraction of sp³-hybridized carbons (Fsp3) is 0.455. The zero-order valence-electron chi connectivity index (χ0n) is 28.5. The number of benzene rings is 2. The average Bonchev–Trinajstić information content (AvgIpc) is 3.27. The number of alkyl halides is 6. The maximum atomic E-state index is 13.8. The van der Waals surface area contributed by atoms with Gasteiger partial charge < -0.3 is 20.4 Å². The third-order valence-electron chi connectivity index (χ3n) is 8.67. The topological polar surface area (TPSA) is 139 Å². The Bertz CT molecular complexity index is 1660. The molecular weight excluding hydrogens is 690 g/mol. The van der Waals surface area contributed by atoms with Gasteiger partial charge in [0.25, 0.3) is 11.8 Å². The third kappa shape index (κ3) is 7.49. The van der Waals surface area contributed by atoms with Gasteiger partial charge in [0.2, 0.25) is 11.8 Å². The highest BCUT2D eigenvalue weighted by atomic mass is 19.4. The van der Waals surface area contributed by atoms with Crippen molar-refractivity contribution in [1.29, 1.82) is 0 Å². The van der Waals surface area contributed by atoms with Gasteiger partial charge in [0.15, 0.2) is 0 Å². The zero-order chi connectivity index (χ0) is 38.4. The van der Waals surface area contributed by atoms with Crippen LogP contribution in [0.2, 0.25) is 0 Å². The lowest BCUT2D eigenvalue weighted by atomic mass is 10.0. The van der Waals surface area contributed by atoms with Crippen molar-refractivity contribution >= 4 is 58.4 Å². The summed E-state index contributed by atoms with van der Waals surface area (Å²) in [5.74, 6) is -3.03. The third-order valence-corrected chi connectivity index (χ3v) is 8.67. The normalized spacial score (nSPS) is 17.5. The molecule has 2 saturated heterocycles. The van der Waals surface area contributed by atoms with Crippen LogP contribution in [0.25, 0.3) is 0 Å². The van der Waals surface area contributed by atoms with E-state index in [4.69, 9.17) is 0 Å². The van der Waals surface area contributed by atoms with Crippen molar-refractivity contribution in [1.82, 2.24) is 9.80 Å². The predicted octanol–water partition coefficient (Wildman–Crippen LogP) is 6.61. The fourth-order valence-electron chi connectivity index (χ4n) is 6.00. The van der Waals surface area contributed by atoms with Crippen LogP contribution in [0, 0.1) is 0 Å². The Morgan fingerprint density at radius 2 is 0.941 bits per heavy atom. The number of urea groups is 2. The second-order valence-corrected chi connectivity index (χ2v) is 13.1. The molecule has 0 spiro atoms. The molecule has 0 aromatic heterocycles. The monoisotopic (exact) mass is 726 g/mol. The summed E-state index contributed by atoms with van der Waals surface area (Å²) in [7, 11) is 0. The van der Waals surface area contributed by atoms with Crippen LogP contribution in [0.15, 0.2) is 36.4 Å². The van der Waals surface area contributed by atoms with E-state index in [-0.39, 0.29) is 37.3 Å². The summed E-state index contributed by atoms with van der Waals surface area (Å²) in [5, 5.41) is 4.17. The first-order valence-corrected chi connectivity index (χ1v) is 15.7. The fourth-order valence-corrected chi connectivity index (χ4v) is 6.00. The number of carbonyl (C=O) groups is 6. The Morgan fingerprint density at radius 1 is 0.608 bits per heavy atom. The van der Waals surface area contributed by atoms with E-state index in [1.54, 1.807) is 0 Å². The Kier molecular flexibility index (Phi) is 10.2. The number of imide groups is 2. The van der Waals surface area contributed by atoms with E-state index in [1.807, 2.05) is 0 Å². The smallest absolute Gasteiger partial charge is 0.326 e. The number of rotatable bonds is 10. The van der Waals surface area contributed by atoms with Crippen molar-refractivity contribution in [3.05, 3.63) is 47.5 Å². The Morgan fingerprint density at radius 3 is 1.24 bits per heavy atom. The molecular formula is C33H36F6N6O6. The van der Waals surface area contributed by atoms with Crippen molar-refractivity contribution in [3.8, 4) is 0 Å². The number of unbranched alkanes of at least 4 members (excludes halogenated alkanes) is 2. The van der Waals surface area contributed by atoms with Crippen LogP contribution in [-0.2, 0) is 31.5 Å². The summed E-state index contributed by atoms with van der Waals surface area (Å²) in [6.45, 7) is 7.87. The molecule has 12 nitrogen and oxygen atoms in total. The zero-order valence-corrected chi connectivity index (χ0v) is 28.5. The van der Waals surface area contributed by atoms with Gasteiger partial charge in [0.05, 0.1) is 33.9 Å². The summed E-state index contributed by atoms with van der Waals surface area (Å²) in [4.78, 5) is 80.0. The molecule has 0 bridgehead atoms. The number of nitrogens with zero attached hydrogens (tertiary/aromatic N) is 4. The molecule has 4 rings (SSSR count). The number of amides is 8. The lowest BCUT2D eigenvalue weighted by Crippen LogP contribution is -2.45. The summed E-state index contributed by atoms with van der Waals surface area (Å²) in [6.07, 6.45) is -8.90. The van der Waals surface area contributed by atoms with E-state index < -0.39 is 81.6 Å². The molecule has 0 atom stereocenters. The number of hydrogen-bond acceptors (Lipinski definition) is 6. The molecule has 2 aromatic carbocycles. The summed E-state index contributed by atoms with van der Waals surface area (Å²) >= 11 is 0. The highest BCUT2D eigenvalue weighted by Gasteiger charge is 2.53. The first-order chi connectivity index (χ1) is 23.4. The summed E-state index contributed by atoms with van der Waals surface area (Å²) < 4.78 is 82.8. The van der Waals surface area contributed by atoms with E-state index in [2.05, 4.69) is 10.6 Å². The van der Waals surface area contributed by atoms with Crippen molar-refractivity contribution < 1.29 is 55.1 Å². The van der Waals surface area contributed by atoms with Gasteiger partial charge in [-0.15, -0.1) is 0 Å². The molecule has 0 saturated carbocycles. The Hall–Kier alpha value is -5.16. The van der Waals surface area contributed by atoms with Crippen molar-refractivity contribution in [2.45, 2.75) is 84.2 Å². The highest BCUT2D eigenvalue weighted by Crippen LogP contribution is 2.41. The van der Waals surface area contributed by atoms with Crippen molar-refractivity contribution in [3.63, 3.8) is 0 Å². The molecule has 18 heteroatoms. The molecule has 2 aromatic rings. The molecule has 8 amide bonds. The molecule has 0 radical (unpaired) electrons. The van der Waals surface area contributed by atoms with E-state index in [0.29, 0.717) is 28.4 Å². The molecule has 2 fully saturated rings. The molecule has 51 heavy (non-hydrogen) atoms. The van der Waals surface area contributed by atoms with Crippen LogP contribution in [0.4, 0.5) is 58.7 Å². The van der Waals surface area contributed by atoms with Gasteiger partial charge in [-0.1, -0.05) is 0 Å². The number of hydrogen-bond donors (Lipinski definition) is 2. The molecule has 2 aliphatic rings. The van der Waals surface area contributed by atoms with Crippen LogP contribution >= 0.6 is 0 Å². The second kappa shape index (κ2) is 13.5. The molecule has 0 unspecified atom stereocenters. The Labute approximate surface area is 288 Å². The number of carbonyl (C=O) groups excluding carboxylic acids is 6. The molecule has 2 aliphatic heterocycles. The number of halogens is 6. The minimum absolute atomic E-state index is 0.00738.